The van der Waals surface area contributed by atoms with Crippen LogP contribution in [0.15, 0.2) is 72.8 Å². The number of nitro benzene ring substituents is 1. The van der Waals surface area contributed by atoms with Crippen LogP contribution in [-0.2, 0) is 4.79 Å². The Bertz CT molecular complexity index is 1080. The number of halogens is 1. The van der Waals surface area contributed by atoms with Crippen LogP contribution in [0.5, 0.6) is 0 Å². The molecule has 3 rings (SSSR count). The third-order valence-corrected chi connectivity index (χ3v) is 5.02. The standard InChI is InChI=1S/C22H17BrN2O4/c1-24(21(26)14-23)20-8-3-2-7-19(20)22(27)16-11-9-15(10-12-16)17-5-4-6-18(13-17)25(28)29/h2-13H,14H2,1H3. The molecule has 146 valence electrons. The summed E-state index contributed by atoms with van der Waals surface area (Å²) in [6.07, 6.45) is 0. The number of para-hydroxylation sites is 1. The highest BCUT2D eigenvalue weighted by Crippen LogP contribution is 2.26. The van der Waals surface area contributed by atoms with Gasteiger partial charge in [-0.25, -0.2) is 0 Å². The van der Waals surface area contributed by atoms with Gasteiger partial charge >= 0.3 is 0 Å². The second kappa shape index (κ2) is 8.79. The molecule has 0 atom stereocenters. The van der Waals surface area contributed by atoms with E-state index in [1.165, 1.54) is 17.0 Å². The van der Waals surface area contributed by atoms with Gasteiger partial charge in [-0.15, -0.1) is 0 Å². The first kappa shape index (κ1) is 20.4. The molecule has 3 aromatic carbocycles. The highest BCUT2D eigenvalue weighted by molar-refractivity contribution is 9.09. The Kier molecular flexibility index (Phi) is 6.19. The minimum absolute atomic E-state index is 0.0103. The molecular formula is C22H17BrN2O4. The Morgan fingerprint density at radius 2 is 1.66 bits per heavy atom. The van der Waals surface area contributed by atoms with Crippen molar-refractivity contribution in [2.24, 2.45) is 0 Å². The van der Waals surface area contributed by atoms with Gasteiger partial charge in [0.2, 0.25) is 5.91 Å². The molecule has 0 saturated heterocycles. The van der Waals surface area contributed by atoms with E-state index in [0.717, 1.165) is 5.56 Å². The summed E-state index contributed by atoms with van der Waals surface area (Å²) in [5.41, 5.74) is 2.89. The Morgan fingerprint density at radius 1 is 0.966 bits per heavy atom. The number of non-ortho nitro benzene ring substituents is 1. The van der Waals surface area contributed by atoms with Gasteiger partial charge < -0.3 is 4.90 Å². The average Bonchev–Trinajstić information content (AvgIpc) is 2.77. The number of ketones is 1. The van der Waals surface area contributed by atoms with Crippen molar-refractivity contribution in [2.75, 3.05) is 17.3 Å². The molecule has 3 aromatic rings. The van der Waals surface area contributed by atoms with Gasteiger partial charge in [0.15, 0.2) is 5.78 Å². The number of benzene rings is 3. The van der Waals surface area contributed by atoms with Crippen molar-refractivity contribution < 1.29 is 14.5 Å². The number of carbonyl (C=O) groups excluding carboxylic acids is 2. The van der Waals surface area contributed by atoms with Gasteiger partial charge in [0.05, 0.1) is 15.9 Å². The van der Waals surface area contributed by atoms with Gasteiger partial charge in [-0.05, 0) is 23.3 Å². The van der Waals surface area contributed by atoms with E-state index >= 15 is 0 Å². The quantitative estimate of drug-likeness (QED) is 0.231. The largest absolute Gasteiger partial charge is 0.314 e. The fraction of sp³-hybridized carbons (Fsp3) is 0.0909. The monoisotopic (exact) mass is 452 g/mol. The zero-order chi connectivity index (χ0) is 21.0. The lowest BCUT2D eigenvalue weighted by Gasteiger charge is -2.19. The smallest absolute Gasteiger partial charge is 0.270 e. The molecule has 0 aliphatic heterocycles. The number of hydrogen-bond acceptors (Lipinski definition) is 4. The molecule has 0 radical (unpaired) electrons. The van der Waals surface area contributed by atoms with E-state index in [1.807, 2.05) is 0 Å². The minimum atomic E-state index is -0.441. The lowest BCUT2D eigenvalue weighted by Crippen LogP contribution is -2.28. The molecule has 0 aromatic heterocycles. The topological polar surface area (TPSA) is 80.5 Å². The van der Waals surface area contributed by atoms with Gasteiger partial charge in [0.25, 0.3) is 5.69 Å². The number of nitrogens with zero attached hydrogens (tertiary/aromatic N) is 2. The molecule has 0 unspecified atom stereocenters. The zero-order valence-electron chi connectivity index (χ0n) is 15.5. The summed E-state index contributed by atoms with van der Waals surface area (Å²) in [7, 11) is 1.63. The molecule has 0 N–H and O–H groups in total. The molecule has 7 heteroatoms. The lowest BCUT2D eigenvalue weighted by atomic mass is 9.98. The van der Waals surface area contributed by atoms with E-state index in [2.05, 4.69) is 15.9 Å². The SMILES string of the molecule is CN(C(=O)CBr)c1ccccc1C(=O)c1ccc(-c2cccc([N+](=O)[O-])c2)cc1. The maximum atomic E-state index is 13.0. The molecule has 29 heavy (non-hydrogen) atoms. The molecule has 6 nitrogen and oxygen atoms in total. The van der Waals surface area contributed by atoms with Crippen molar-refractivity contribution in [3.8, 4) is 11.1 Å². The summed E-state index contributed by atoms with van der Waals surface area (Å²) < 4.78 is 0. The van der Waals surface area contributed by atoms with Crippen LogP contribution in [0.1, 0.15) is 15.9 Å². The third-order valence-electron chi connectivity index (χ3n) is 4.54. The van der Waals surface area contributed by atoms with Crippen LogP contribution >= 0.6 is 15.9 Å². The number of alkyl halides is 1. The Morgan fingerprint density at radius 3 is 2.31 bits per heavy atom. The van der Waals surface area contributed by atoms with E-state index in [-0.39, 0.29) is 22.7 Å². The number of hydrogen-bond donors (Lipinski definition) is 0. The maximum Gasteiger partial charge on any atom is 0.270 e. The van der Waals surface area contributed by atoms with Crippen LogP contribution in [0.25, 0.3) is 11.1 Å². The number of rotatable bonds is 6. The lowest BCUT2D eigenvalue weighted by molar-refractivity contribution is -0.384. The van der Waals surface area contributed by atoms with Crippen LogP contribution in [0.4, 0.5) is 11.4 Å². The van der Waals surface area contributed by atoms with Crippen LogP contribution < -0.4 is 4.90 Å². The first-order chi connectivity index (χ1) is 13.9. The van der Waals surface area contributed by atoms with E-state index in [1.54, 1.807) is 67.7 Å². The zero-order valence-corrected chi connectivity index (χ0v) is 17.1. The predicted octanol–water partition coefficient (Wildman–Crippen LogP) is 4.85. The van der Waals surface area contributed by atoms with E-state index in [9.17, 15) is 19.7 Å². The first-order valence-electron chi connectivity index (χ1n) is 8.73. The summed E-state index contributed by atoms with van der Waals surface area (Å²) in [5.74, 6) is -0.369. The van der Waals surface area contributed by atoms with Crippen LogP contribution in [0.3, 0.4) is 0 Å². The average molecular weight is 453 g/mol. The summed E-state index contributed by atoms with van der Waals surface area (Å²) in [5, 5.41) is 11.1. The normalized spacial score (nSPS) is 10.4. The molecule has 0 heterocycles. The number of anilines is 1. The molecule has 0 aliphatic rings. The fourth-order valence-corrected chi connectivity index (χ4v) is 3.33. The summed E-state index contributed by atoms with van der Waals surface area (Å²) >= 11 is 3.15. The third kappa shape index (κ3) is 4.41. The van der Waals surface area contributed by atoms with Crippen LogP contribution in [-0.4, -0.2) is 29.0 Å². The van der Waals surface area contributed by atoms with Crippen molar-refractivity contribution in [1.82, 2.24) is 0 Å². The number of carbonyl (C=O) groups is 2. The highest BCUT2D eigenvalue weighted by atomic mass is 79.9. The van der Waals surface area contributed by atoms with Crippen molar-refractivity contribution in [3.63, 3.8) is 0 Å². The molecule has 0 bridgehead atoms. The van der Waals surface area contributed by atoms with E-state index in [0.29, 0.717) is 22.4 Å². The van der Waals surface area contributed by atoms with E-state index < -0.39 is 4.92 Å². The minimum Gasteiger partial charge on any atom is -0.314 e. The molecule has 1 amide bonds. The highest BCUT2D eigenvalue weighted by Gasteiger charge is 2.19. The first-order valence-corrected chi connectivity index (χ1v) is 9.85. The van der Waals surface area contributed by atoms with Crippen molar-refractivity contribution in [3.05, 3.63) is 94.0 Å². The Labute approximate surface area is 176 Å². The molecule has 0 spiro atoms. The van der Waals surface area contributed by atoms with Gasteiger partial charge in [0.1, 0.15) is 0 Å². The second-order valence-corrected chi connectivity index (χ2v) is 6.88. The summed E-state index contributed by atoms with van der Waals surface area (Å²) in [6, 6.07) is 20.1. The van der Waals surface area contributed by atoms with Crippen LogP contribution in [0, 0.1) is 10.1 Å². The maximum absolute atomic E-state index is 13.0. The van der Waals surface area contributed by atoms with Gasteiger partial charge in [0, 0.05) is 30.3 Å². The Hall–Kier alpha value is -3.32. The molecule has 0 fully saturated rings. The fourth-order valence-electron chi connectivity index (χ4n) is 2.95. The van der Waals surface area contributed by atoms with Gasteiger partial charge in [-0.3, -0.25) is 19.7 Å². The second-order valence-electron chi connectivity index (χ2n) is 6.32. The predicted molar refractivity (Wildman–Crippen MR) is 116 cm³/mol. The number of nitro groups is 1. The Balaban J connectivity index is 1.92. The summed E-state index contributed by atoms with van der Waals surface area (Å²) in [6.45, 7) is 0. The van der Waals surface area contributed by atoms with Crippen molar-refractivity contribution >= 4 is 39.0 Å². The molecular weight excluding hydrogens is 436 g/mol. The van der Waals surface area contributed by atoms with E-state index in [4.69, 9.17) is 0 Å². The van der Waals surface area contributed by atoms with Crippen molar-refractivity contribution in [1.29, 1.82) is 0 Å². The summed E-state index contributed by atoms with van der Waals surface area (Å²) in [4.78, 5) is 37.0. The van der Waals surface area contributed by atoms with Crippen molar-refractivity contribution in [2.45, 2.75) is 0 Å². The number of amides is 1. The van der Waals surface area contributed by atoms with Crippen LogP contribution in [0.2, 0.25) is 0 Å². The van der Waals surface area contributed by atoms with Gasteiger partial charge in [-0.1, -0.05) is 64.5 Å². The molecule has 0 saturated carbocycles. The van der Waals surface area contributed by atoms with Gasteiger partial charge in [-0.2, -0.15) is 0 Å². The molecule has 0 aliphatic carbocycles.